The largest absolute Gasteiger partial charge is 0.300 e. The topological polar surface area (TPSA) is 42.9 Å². The summed E-state index contributed by atoms with van der Waals surface area (Å²) in [7, 11) is 0. The summed E-state index contributed by atoms with van der Waals surface area (Å²) in [5.41, 5.74) is 1.17. The number of rotatable bonds is 4. The van der Waals surface area contributed by atoms with Crippen molar-refractivity contribution < 1.29 is 4.79 Å². The highest BCUT2D eigenvalue weighted by Crippen LogP contribution is 2.32. The lowest BCUT2D eigenvalue weighted by atomic mass is 10.0. The number of carbonyl (C=O) groups is 1. The highest BCUT2D eigenvalue weighted by molar-refractivity contribution is 5.75. The Bertz CT molecular complexity index is 370. The van der Waals surface area contributed by atoms with Crippen molar-refractivity contribution in [2.24, 2.45) is 0 Å². The van der Waals surface area contributed by atoms with Gasteiger partial charge < -0.3 is 4.79 Å². The fourth-order valence-electron chi connectivity index (χ4n) is 2.27. The number of Topliss-reactive ketones (excluding diaryl/α,β-unsaturated/α-hetero) is 1. The summed E-state index contributed by atoms with van der Waals surface area (Å²) in [6, 6.07) is 2.02. The van der Waals surface area contributed by atoms with Gasteiger partial charge in [0.2, 0.25) is 0 Å². The van der Waals surface area contributed by atoms with Gasteiger partial charge in [0.25, 0.3) is 0 Å². The van der Waals surface area contributed by atoms with E-state index in [0.717, 1.165) is 5.82 Å². The van der Waals surface area contributed by atoms with Crippen molar-refractivity contribution >= 4 is 5.78 Å². The predicted molar refractivity (Wildman–Crippen MR) is 62.2 cm³/mol. The molecule has 0 bridgehead atoms. The number of aryl methyl sites for hydroxylation is 1. The van der Waals surface area contributed by atoms with E-state index in [1.165, 1.54) is 31.4 Å². The van der Waals surface area contributed by atoms with Gasteiger partial charge in [-0.05, 0) is 25.8 Å². The smallest absolute Gasteiger partial charge is 0.130 e. The molecule has 1 fully saturated rings. The van der Waals surface area contributed by atoms with Crippen LogP contribution in [0.2, 0.25) is 0 Å². The van der Waals surface area contributed by atoms with E-state index in [1.807, 2.05) is 12.3 Å². The van der Waals surface area contributed by atoms with Crippen molar-refractivity contribution in [1.82, 2.24) is 9.97 Å². The zero-order valence-electron chi connectivity index (χ0n) is 9.78. The van der Waals surface area contributed by atoms with Gasteiger partial charge in [0, 0.05) is 30.7 Å². The molecule has 1 heterocycles. The molecule has 0 atom stereocenters. The molecule has 0 saturated heterocycles. The van der Waals surface area contributed by atoms with Gasteiger partial charge in [0.1, 0.15) is 11.6 Å². The Labute approximate surface area is 96.3 Å². The van der Waals surface area contributed by atoms with Gasteiger partial charge in [-0.25, -0.2) is 9.97 Å². The van der Waals surface area contributed by atoms with Crippen molar-refractivity contribution in [3.8, 4) is 0 Å². The minimum Gasteiger partial charge on any atom is -0.300 e. The van der Waals surface area contributed by atoms with Crippen molar-refractivity contribution in [2.45, 2.75) is 51.4 Å². The normalized spacial score (nSPS) is 16.6. The molecular weight excluding hydrogens is 200 g/mol. The van der Waals surface area contributed by atoms with Gasteiger partial charge in [-0.3, -0.25) is 0 Å². The maximum Gasteiger partial charge on any atom is 0.130 e. The summed E-state index contributed by atoms with van der Waals surface area (Å²) in [6.07, 6.45) is 8.20. The molecule has 16 heavy (non-hydrogen) atoms. The first-order valence-corrected chi connectivity index (χ1v) is 6.07. The summed E-state index contributed by atoms with van der Waals surface area (Å²) in [6.45, 7) is 1.61. The molecule has 0 unspecified atom stereocenters. The van der Waals surface area contributed by atoms with Crippen LogP contribution in [0.4, 0.5) is 0 Å². The predicted octanol–water partition coefficient (Wildman–Crippen LogP) is 2.66. The molecule has 1 aromatic rings. The zero-order chi connectivity index (χ0) is 11.4. The van der Waals surface area contributed by atoms with E-state index in [2.05, 4.69) is 9.97 Å². The fourth-order valence-corrected chi connectivity index (χ4v) is 2.27. The zero-order valence-corrected chi connectivity index (χ0v) is 9.78. The first kappa shape index (κ1) is 11.2. The number of aromatic nitrogens is 2. The Morgan fingerprint density at radius 2 is 2.19 bits per heavy atom. The molecule has 3 heteroatoms. The van der Waals surface area contributed by atoms with Gasteiger partial charge >= 0.3 is 0 Å². The van der Waals surface area contributed by atoms with E-state index in [4.69, 9.17) is 0 Å². The lowest BCUT2D eigenvalue weighted by molar-refractivity contribution is -0.117. The molecule has 0 aromatic carbocycles. The molecule has 3 nitrogen and oxygen atoms in total. The van der Waals surface area contributed by atoms with Gasteiger partial charge in [0.15, 0.2) is 0 Å². The van der Waals surface area contributed by atoms with Crippen molar-refractivity contribution in [3.05, 3.63) is 23.8 Å². The van der Waals surface area contributed by atoms with Gasteiger partial charge in [-0.15, -0.1) is 0 Å². The monoisotopic (exact) mass is 218 g/mol. The highest BCUT2D eigenvalue weighted by atomic mass is 16.1. The first-order chi connectivity index (χ1) is 7.75. The van der Waals surface area contributed by atoms with Crippen LogP contribution in [0.15, 0.2) is 12.3 Å². The Morgan fingerprint density at radius 1 is 1.44 bits per heavy atom. The van der Waals surface area contributed by atoms with E-state index in [1.54, 1.807) is 6.92 Å². The lowest BCUT2D eigenvalue weighted by Crippen LogP contribution is -2.04. The lowest BCUT2D eigenvalue weighted by Gasteiger charge is -2.08. The minimum atomic E-state index is 0.204. The summed E-state index contributed by atoms with van der Waals surface area (Å²) in [5, 5.41) is 0. The highest BCUT2D eigenvalue weighted by Gasteiger charge is 2.18. The second-order valence-corrected chi connectivity index (χ2v) is 4.58. The van der Waals surface area contributed by atoms with E-state index in [-0.39, 0.29) is 5.78 Å². The van der Waals surface area contributed by atoms with E-state index in [9.17, 15) is 4.79 Å². The van der Waals surface area contributed by atoms with Crippen LogP contribution in [-0.4, -0.2) is 15.8 Å². The summed E-state index contributed by atoms with van der Waals surface area (Å²) in [5.74, 6) is 1.65. The molecule has 0 N–H and O–H groups in total. The molecule has 0 amide bonds. The Kier molecular flexibility index (Phi) is 3.65. The first-order valence-electron chi connectivity index (χ1n) is 6.07. The third kappa shape index (κ3) is 2.87. The Morgan fingerprint density at radius 3 is 2.88 bits per heavy atom. The number of ketones is 1. The van der Waals surface area contributed by atoms with E-state index in [0.29, 0.717) is 18.8 Å². The fraction of sp³-hybridized carbons (Fsp3) is 0.615. The molecule has 2 rings (SSSR count). The SMILES string of the molecule is CC(=O)CCc1nccc(C2CCCC2)n1. The second kappa shape index (κ2) is 5.19. The average Bonchev–Trinajstić information content (AvgIpc) is 2.80. The maximum atomic E-state index is 10.9. The average molecular weight is 218 g/mol. The maximum absolute atomic E-state index is 10.9. The van der Waals surface area contributed by atoms with Crippen LogP contribution < -0.4 is 0 Å². The van der Waals surface area contributed by atoms with Crippen LogP contribution in [0.25, 0.3) is 0 Å². The Balaban J connectivity index is 2.03. The second-order valence-electron chi connectivity index (χ2n) is 4.58. The Hall–Kier alpha value is -1.25. The number of carbonyl (C=O) groups excluding carboxylic acids is 1. The third-order valence-electron chi connectivity index (χ3n) is 3.20. The molecular formula is C13H18N2O. The molecule has 1 saturated carbocycles. The van der Waals surface area contributed by atoms with Gasteiger partial charge in [0.05, 0.1) is 0 Å². The van der Waals surface area contributed by atoms with Crippen molar-refractivity contribution in [1.29, 1.82) is 0 Å². The molecule has 1 aliphatic rings. The third-order valence-corrected chi connectivity index (χ3v) is 3.20. The van der Waals surface area contributed by atoms with E-state index < -0.39 is 0 Å². The van der Waals surface area contributed by atoms with Crippen LogP contribution in [0.3, 0.4) is 0 Å². The summed E-state index contributed by atoms with van der Waals surface area (Å²) < 4.78 is 0. The van der Waals surface area contributed by atoms with Crippen LogP contribution in [0.5, 0.6) is 0 Å². The molecule has 0 radical (unpaired) electrons. The summed E-state index contributed by atoms with van der Waals surface area (Å²) in [4.78, 5) is 19.7. The standard InChI is InChI=1S/C13H18N2O/c1-10(16)6-7-13-14-9-8-12(15-13)11-4-2-3-5-11/h8-9,11H,2-7H2,1H3. The molecule has 0 spiro atoms. The molecule has 1 aromatic heterocycles. The van der Waals surface area contributed by atoms with Crippen molar-refractivity contribution in [2.75, 3.05) is 0 Å². The molecule has 86 valence electrons. The van der Waals surface area contributed by atoms with Crippen LogP contribution in [-0.2, 0) is 11.2 Å². The van der Waals surface area contributed by atoms with Gasteiger partial charge in [-0.1, -0.05) is 12.8 Å². The van der Waals surface area contributed by atoms with E-state index >= 15 is 0 Å². The molecule has 1 aliphatic carbocycles. The minimum absolute atomic E-state index is 0.204. The van der Waals surface area contributed by atoms with Crippen molar-refractivity contribution in [3.63, 3.8) is 0 Å². The number of hydrogen-bond acceptors (Lipinski definition) is 3. The van der Waals surface area contributed by atoms with Crippen LogP contribution in [0.1, 0.15) is 56.5 Å². The quantitative estimate of drug-likeness (QED) is 0.780. The number of nitrogens with zero attached hydrogens (tertiary/aromatic N) is 2. The van der Waals surface area contributed by atoms with Crippen LogP contribution in [0, 0.1) is 0 Å². The number of hydrogen-bond donors (Lipinski definition) is 0. The van der Waals surface area contributed by atoms with Crippen LogP contribution >= 0.6 is 0 Å². The van der Waals surface area contributed by atoms with Gasteiger partial charge in [-0.2, -0.15) is 0 Å². The molecule has 0 aliphatic heterocycles. The summed E-state index contributed by atoms with van der Waals surface area (Å²) >= 11 is 0.